The van der Waals surface area contributed by atoms with Crippen LogP contribution in [0.4, 0.5) is 4.79 Å². The number of carbonyl (C=O) groups excluding carboxylic acids is 1. The Morgan fingerprint density at radius 3 is 2.37 bits per heavy atom. The Morgan fingerprint density at radius 1 is 1.10 bits per heavy atom. The zero-order valence-corrected chi connectivity index (χ0v) is 18.1. The average molecular weight is 420 g/mol. The number of nitriles is 2. The Bertz CT molecular complexity index is 958. The highest BCUT2D eigenvalue weighted by Crippen LogP contribution is 2.49. The van der Waals surface area contributed by atoms with Crippen LogP contribution >= 0.6 is 11.8 Å². The van der Waals surface area contributed by atoms with Gasteiger partial charge in [0.2, 0.25) is 0 Å². The minimum Gasteiger partial charge on any atom is -0.444 e. The fourth-order valence-electron chi connectivity index (χ4n) is 3.86. The van der Waals surface area contributed by atoms with Gasteiger partial charge in [-0.3, -0.25) is 0 Å². The normalized spacial score (nSPS) is 19.1. The summed E-state index contributed by atoms with van der Waals surface area (Å²) in [7, 11) is 0. The predicted molar refractivity (Wildman–Crippen MR) is 117 cm³/mol. The molecule has 0 unspecified atom stereocenters. The first-order chi connectivity index (χ1) is 14.3. The molecular formula is C24H25N3O2S. The number of hydrogen-bond acceptors (Lipinski definition) is 5. The van der Waals surface area contributed by atoms with Crippen molar-refractivity contribution in [1.82, 2.24) is 5.32 Å². The van der Waals surface area contributed by atoms with Gasteiger partial charge < -0.3 is 10.1 Å². The van der Waals surface area contributed by atoms with E-state index >= 15 is 0 Å². The maximum Gasteiger partial charge on any atom is 0.408 e. The number of benzene rings is 2. The molecule has 1 aliphatic rings. The second-order valence-electron chi connectivity index (χ2n) is 8.31. The molecule has 0 aromatic heterocycles. The summed E-state index contributed by atoms with van der Waals surface area (Å²) in [5.74, 6) is -0.609. The number of ether oxygens (including phenoxy) is 1. The van der Waals surface area contributed by atoms with E-state index < -0.39 is 23.7 Å². The maximum atomic E-state index is 12.7. The summed E-state index contributed by atoms with van der Waals surface area (Å²) in [6.45, 7) is 5.46. The molecule has 0 fully saturated rings. The fourth-order valence-corrected chi connectivity index (χ4v) is 5.18. The highest BCUT2D eigenvalue weighted by atomic mass is 32.2. The third-order valence-corrected chi connectivity index (χ3v) is 6.30. The quantitative estimate of drug-likeness (QED) is 0.715. The highest BCUT2D eigenvalue weighted by Gasteiger charge is 2.41. The van der Waals surface area contributed by atoms with Crippen LogP contribution in [-0.4, -0.2) is 17.4 Å². The van der Waals surface area contributed by atoms with Crippen LogP contribution in [0, 0.1) is 34.5 Å². The van der Waals surface area contributed by atoms with Crippen LogP contribution in [0.5, 0.6) is 0 Å². The van der Waals surface area contributed by atoms with Crippen molar-refractivity contribution >= 4 is 17.9 Å². The van der Waals surface area contributed by atoms with Crippen LogP contribution in [0.1, 0.15) is 43.9 Å². The molecule has 0 radical (unpaired) electrons. The van der Waals surface area contributed by atoms with Gasteiger partial charge in [-0.05, 0) is 38.0 Å². The topological polar surface area (TPSA) is 85.9 Å². The largest absolute Gasteiger partial charge is 0.444 e. The molecule has 154 valence electrons. The highest BCUT2D eigenvalue weighted by molar-refractivity contribution is 7.99. The summed E-state index contributed by atoms with van der Waals surface area (Å²) in [6, 6.07) is 21.5. The van der Waals surface area contributed by atoms with Crippen molar-refractivity contribution in [1.29, 1.82) is 10.5 Å². The summed E-state index contributed by atoms with van der Waals surface area (Å²) in [4.78, 5) is 13.8. The van der Waals surface area contributed by atoms with Gasteiger partial charge in [-0.15, -0.1) is 11.8 Å². The van der Waals surface area contributed by atoms with Crippen LogP contribution in [0.2, 0.25) is 0 Å². The summed E-state index contributed by atoms with van der Waals surface area (Å²) in [5.41, 5.74) is 1.28. The van der Waals surface area contributed by atoms with E-state index in [1.807, 2.05) is 75.4 Å². The van der Waals surface area contributed by atoms with E-state index in [4.69, 9.17) is 4.74 Å². The van der Waals surface area contributed by atoms with E-state index in [0.29, 0.717) is 5.75 Å². The number of alkyl carbamates (subject to hydrolysis) is 1. The van der Waals surface area contributed by atoms with Crippen LogP contribution in [0.25, 0.3) is 0 Å². The van der Waals surface area contributed by atoms with Gasteiger partial charge in [0, 0.05) is 22.5 Å². The molecule has 6 heteroatoms. The Labute approximate surface area is 182 Å². The van der Waals surface area contributed by atoms with Gasteiger partial charge in [-0.2, -0.15) is 10.5 Å². The van der Waals surface area contributed by atoms with Crippen molar-refractivity contribution in [2.45, 2.75) is 43.2 Å². The van der Waals surface area contributed by atoms with E-state index in [-0.39, 0.29) is 11.8 Å². The number of amides is 1. The molecule has 1 N–H and O–H groups in total. The predicted octanol–water partition coefficient (Wildman–Crippen LogP) is 5.42. The SMILES string of the molecule is CC(C)(C)OC(=O)N[C@@H](c1ccccc1)[C@@H]1CSc2ccccc2[C@@H]1C(C#N)C#N. The third-order valence-electron chi connectivity index (χ3n) is 5.07. The van der Waals surface area contributed by atoms with Crippen molar-refractivity contribution in [3.8, 4) is 12.1 Å². The smallest absolute Gasteiger partial charge is 0.408 e. The Balaban J connectivity index is 2.04. The van der Waals surface area contributed by atoms with E-state index in [1.165, 1.54) is 0 Å². The number of hydrogen-bond donors (Lipinski definition) is 1. The average Bonchev–Trinajstić information content (AvgIpc) is 2.72. The lowest BCUT2D eigenvalue weighted by Crippen LogP contribution is -2.42. The summed E-state index contributed by atoms with van der Waals surface area (Å²) in [5, 5.41) is 22.5. The Hall–Kier alpha value is -2.96. The molecule has 0 spiro atoms. The van der Waals surface area contributed by atoms with E-state index in [0.717, 1.165) is 16.0 Å². The Kier molecular flexibility index (Phi) is 6.70. The van der Waals surface area contributed by atoms with Gasteiger partial charge in [0.25, 0.3) is 0 Å². The first kappa shape index (κ1) is 21.7. The minimum atomic E-state index is -0.816. The second-order valence-corrected chi connectivity index (χ2v) is 9.37. The molecule has 1 aliphatic heterocycles. The fraction of sp³-hybridized carbons (Fsp3) is 0.375. The zero-order chi connectivity index (χ0) is 21.7. The molecule has 3 atom stereocenters. The Morgan fingerprint density at radius 2 is 1.73 bits per heavy atom. The van der Waals surface area contributed by atoms with Crippen LogP contribution in [-0.2, 0) is 4.74 Å². The zero-order valence-electron chi connectivity index (χ0n) is 17.3. The lowest BCUT2D eigenvalue weighted by Gasteiger charge is -2.39. The van der Waals surface area contributed by atoms with Gasteiger partial charge >= 0.3 is 6.09 Å². The standard InChI is InChI=1S/C24H25N3O2S/c1-24(2,3)29-23(28)27-22(16-9-5-4-6-10-16)19-15-30-20-12-8-7-11-18(20)21(19)17(13-25)14-26/h4-12,17,19,21-22H,15H2,1-3H3,(H,27,28)/t19-,21+,22+/m1/s1. The maximum absolute atomic E-state index is 12.7. The van der Waals surface area contributed by atoms with Crippen molar-refractivity contribution < 1.29 is 9.53 Å². The molecule has 1 amide bonds. The molecule has 2 aromatic rings. The molecule has 30 heavy (non-hydrogen) atoms. The van der Waals surface area contributed by atoms with Crippen LogP contribution in [0.3, 0.4) is 0 Å². The van der Waals surface area contributed by atoms with Gasteiger partial charge in [-0.1, -0.05) is 48.5 Å². The van der Waals surface area contributed by atoms with Crippen molar-refractivity contribution in [2.24, 2.45) is 11.8 Å². The van der Waals surface area contributed by atoms with E-state index in [1.54, 1.807) is 11.8 Å². The first-order valence-corrected chi connectivity index (χ1v) is 10.9. The number of carbonyl (C=O) groups is 1. The van der Waals surface area contributed by atoms with Crippen molar-refractivity contribution in [2.75, 3.05) is 5.75 Å². The van der Waals surface area contributed by atoms with E-state index in [9.17, 15) is 15.3 Å². The molecular weight excluding hydrogens is 394 g/mol. The summed E-state index contributed by atoms with van der Waals surface area (Å²) >= 11 is 1.69. The van der Waals surface area contributed by atoms with Gasteiger partial charge in [-0.25, -0.2) is 4.79 Å². The van der Waals surface area contributed by atoms with Crippen molar-refractivity contribution in [3.05, 3.63) is 65.7 Å². The number of nitrogens with one attached hydrogen (secondary N) is 1. The molecule has 3 rings (SSSR count). The summed E-state index contributed by atoms with van der Waals surface area (Å²) in [6.07, 6.45) is -0.510. The molecule has 0 saturated carbocycles. The van der Waals surface area contributed by atoms with Crippen LogP contribution in [0.15, 0.2) is 59.5 Å². The molecule has 1 heterocycles. The van der Waals surface area contributed by atoms with Gasteiger partial charge in [0.05, 0.1) is 18.2 Å². The number of nitrogens with zero attached hydrogens (tertiary/aromatic N) is 2. The monoisotopic (exact) mass is 419 g/mol. The minimum absolute atomic E-state index is 0.149. The van der Waals surface area contributed by atoms with E-state index in [2.05, 4.69) is 17.5 Å². The summed E-state index contributed by atoms with van der Waals surface area (Å²) < 4.78 is 5.51. The molecule has 2 aromatic carbocycles. The first-order valence-electron chi connectivity index (χ1n) is 9.89. The van der Waals surface area contributed by atoms with Gasteiger partial charge in [0.15, 0.2) is 0 Å². The lowest BCUT2D eigenvalue weighted by molar-refractivity contribution is 0.0481. The molecule has 0 bridgehead atoms. The number of thioether (sulfide) groups is 1. The van der Waals surface area contributed by atoms with Crippen molar-refractivity contribution in [3.63, 3.8) is 0 Å². The third kappa shape index (κ3) is 4.96. The second kappa shape index (κ2) is 9.24. The number of fused-ring (bicyclic) bond motifs is 1. The number of rotatable bonds is 4. The molecule has 0 aliphatic carbocycles. The molecule has 0 saturated heterocycles. The van der Waals surface area contributed by atoms with Crippen LogP contribution < -0.4 is 5.32 Å². The lowest BCUT2D eigenvalue weighted by atomic mass is 9.73. The molecule has 5 nitrogen and oxygen atoms in total. The van der Waals surface area contributed by atoms with Gasteiger partial charge in [0.1, 0.15) is 11.5 Å².